The maximum Gasteiger partial charge on any atom is 0.411 e. The number of benzene rings is 1. The highest BCUT2D eigenvalue weighted by Gasteiger charge is 2.30. The van der Waals surface area contributed by atoms with Crippen molar-refractivity contribution in [1.82, 2.24) is 5.32 Å². The molecule has 1 aromatic rings. The highest BCUT2D eigenvalue weighted by atomic mass is 19.4. The van der Waals surface area contributed by atoms with Gasteiger partial charge in [0, 0.05) is 12.2 Å². The average Bonchev–Trinajstić information content (AvgIpc) is 2.56. The third kappa shape index (κ3) is 4.95. The molecule has 8 heteroatoms. The van der Waals surface area contributed by atoms with Gasteiger partial charge in [0.15, 0.2) is 0 Å². The van der Waals surface area contributed by atoms with Gasteiger partial charge in [-0.25, -0.2) is 0 Å². The Labute approximate surface area is 137 Å². The molecule has 0 spiro atoms. The van der Waals surface area contributed by atoms with Crippen LogP contribution in [-0.4, -0.2) is 43.8 Å². The highest BCUT2D eigenvalue weighted by Crippen LogP contribution is 2.26. The molecule has 0 fully saturated rings. The van der Waals surface area contributed by atoms with Gasteiger partial charge in [0.25, 0.3) is 0 Å². The van der Waals surface area contributed by atoms with Gasteiger partial charge in [0.05, 0.1) is 6.54 Å². The Hall–Kier alpha value is -2.09. The second-order valence-electron chi connectivity index (χ2n) is 5.56. The molecule has 1 atom stereocenters. The minimum Gasteiger partial charge on any atom is -0.359 e. The number of carbonyl (C=O) groups excluding carboxylic acids is 2. The van der Waals surface area contributed by atoms with E-state index in [1.54, 1.807) is 4.90 Å². The number of para-hydroxylation sites is 1. The molecule has 0 radical (unpaired) electrons. The Morgan fingerprint density at radius 1 is 1.33 bits per heavy atom. The van der Waals surface area contributed by atoms with Crippen LogP contribution in [-0.2, 0) is 20.7 Å². The molecule has 0 bridgehead atoms. The van der Waals surface area contributed by atoms with Gasteiger partial charge in [-0.05, 0) is 31.4 Å². The predicted molar refractivity (Wildman–Crippen MR) is 81.6 cm³/mol. The van der Waals surface area contributed by atoms with E-state index in [4.69, 9.17) is 0 Å². The van der Waals surface area contributed by atoms with E-state index in [9.17, 15) is 22.8 Å². The van der Waals surface area contributed by atoms with Crippen LogP contribution in [0.25, 0.3) is 0 Å². The van der Waals surface area contributed by atoms with E-state index in [0.29, 0.717) is 6.54 Å². The summed E-state index contributed by atoms with van der Waals surface area (Å²) in [5.41, 5.74) is 1.87. The van der Waals surface area contributed by atoms with Crippen molar-refractivity contribution in [2.75, 3.05) is 24.6 Å². The number of nitrogens with zero attached hydrogens (tertiary/aromatic N) is 1. The van der Waals surface area contributed by atoms with E-state index < -0.39 is 24.8 Å². The fraction of sp³-hybridized carbons (Fsp3) is 0.500. The van der Waals surface area contributed by atoms with Crippen molar-refractivity contribution < 1.29 is 27.5 Å². The summed E-state index contributed by atoms with van der Waals surface area (Å²) in [7, 11) is 0. The molecule has 0 saturated heterocycles. The van der Waals surface area contributed by atoms with Gasteiger partial charge in [-0.2, -0.15) is 13.2 Å². The summed E-state index contributed by atoms with van der Waals surface area (Å²) in [5, 5.41) is 2.32. The van der Waals surface area contributed by atoms with Crippen LogP contribution in [0.1, 0.15) is 18.9 Å². The molecule has 2 amide bonds. The topological polar surface area (TPSA) is 58.6 Å². The Balaban J connectivity index is 1.86. The molecule has 1 N–H and O–H groups in total. The molecule has 1 aliphatic heterocycles. The minimum atomic E-state index is -4.50. The quantitative estimate of drug-likeness (QED) is 0.889. The number of hydrogen-bond donors (Lipinski definition) is 1. The summed E-state index contributed by atoms with van der Waals surface area (Å²) in [6.07, 6.45) is -4.08. The van der Waals surface area contributed by atoms with Crippen LogP contribution in [0.5, 0.6) is 0 Å². The summed E-state index contributed by atoms with van der Waals surface area (Å²) < 4.78 is 40.6. The van der Waals surface area contributed by atoms with Crippen molar-refractivity contribution in [1.29, 1.82) is 0 Å². The molecule has 132 valence electrons. The Morgan fingerprint density at radius 3 is 2.75 bits per heavy atom. The number of nitrogens with one attached hydrogen (secondary N) is 1. The van der Waals surface area contributed by atoms with E-state index in [0.717, 1.165) is 24.1 Å². The number of halogens is 3. The largest absolute Gasteiger partial charge is 0.411 e. The molecule has 1 aromatic carbocycles. The second kappa shape index (κ2) is 7.65. The van der Waals surface area contributed by atoms with Gasteiger partial charge >= 0.3 is 6.18 Å². The van der Waals surface area contributed by atoms with Gasteiger partial charge in [-0.3, -0.25) is 9.59 Å². The monoisotopic (exact) mass is 344 g/mol. The highest BCUT2D eigenvalue weighted by molar-refractivity contribution is 5.98. The van der Waals surface area contributed by atoms with Crippen molar-refractivity contribution in [3.8, 4) is 0 Å². The molecule has 0 aromatic heterocycles. The van der Waals surface area contributed by atoms with Crippen LogP contribution in [0.2, 0.25) is 0 Å². The number of alkyl halides is 3. The third-order valence-electron chi connectivity index (χ3n) is 3.69. The summed E-state index contributed by atoms with van der Waals surface area (Å²) in [6.45, 7) is -0.0322. The average molecular weight is 344 g/mol. The van der Waals surface area contributed by atoms with Crippen LogP contribution >= 0.6 is 0 Å². The van der Waals surface area contributed by atoms with Crippen LogP contribution < -0.4 is 10.2 Å². The van der Waals surface area contributed by atoms with Crippen LogP contribution in [0.15, 0.2) is 24.3 Å². The lowest BCUT2D eigenvalue weighted by atomic mass is 10.0. The fourth-order valence-electron chi connectivity index (χ4n) is 2.49. The number of carbonyl (C=O) groups is 2. The molecular weight excluding hydrogens is 325 g/mol. The number of fused-ring (bicyclic) bond motifs is 1. The third-order valence-corrected chi connectivity index (χ3v) is 3.69. The molecule has 0 aliphatic carbocycles. The number of anilines is 1. The Bertz CT molecular complexity index is 604. The molecule has 5 nitrogen and oxygen atoms in total. The smallest absolute Gasteiger partial charge is 0.359 e. The zero-order valence-corrected chi connectivity index (χ0v) is 13.2. The van der Waals surface area contributed by atoms with Crippen molar-refractivity contribution in [2.24, 2.45) is 0 Å². The van der Waals surface area contributed by atoms with Crippen molar-refractivity contribution in [3.05, 3.63) is 29.8 Å². The van der Waals surface area contributed by atoms with Crippen LogP contribution in [0.3, 0.4) is 0 Å². The summed E-state index contributed by atoms with van der Waals surface area (Å²) >= 11 is 0. The van der Waals surface area contributed by atoms with E-state index in [1.165, 1.54) is 6.92 Å². The second-order valence-corrected chi connectivity index (χ2v) is 5.56. The zero-order valence-electron chi connectivity index (χ0n) is 13.2. The van der Waals surface area contributed by atoms with Gasteiger partial charge < -0.3 is 15.0 Å². The number of hydrogen-bond acceptors (Lipinski definition) is 3. The van der Waals surface area contributed by atoms with E-state index in [-0.39, 0.29) is 12.5 Å². The Morgan fingerprint density at radius 2 is 2.04 bits per heavy atom. The molecule has 2 rings (SSSR count). The number of amides is 2. The first kappa shape index (κ1) is 18.3. The lowest BCUT2D eigenvalue weighted by molar-refractivity contribution is -0.185. The summed E-state index contributed by atoms with van der Waals surface area (Å²) in [4.78, 5) is 25.6. The van der Waals surface area contributed by atoms with Crippen LogP contribution in [0, 0.1) is 0 Å². The fourth-order valence-corrected chi connectivity index (χ4v) is 2.49. The van der Waals surface area contributed by atoms with Gasteiger partial charge in [-0.1, -0.05) is 18.2 Å². The zero-order chi connectivity index (χ0) is 17.7. The Kier molecular flexibility index (Phi) is 5.82. The summed E-state index contributed by atoms with van der Waals surface area (Å²) in [6, 6.07) is 7.51. The van der Waals surface area contributed by atoms with E-state index >= 15 is 0 Å². The molecular formula is C16H19F3N2O3. The molecule has 1 heterocycles. The number of rotatable bonds is 5. The maximum atomic E-state index is 12.3. The molecule has 1 aliphatic rings. The standard InChI is InChI=1S/C16H19F3N2O3/c1-11(24-10-16(17,18)19)15(23)20-9-14(22)21-8-4-6-12-5-2-3-7-13(12)21/h2-3,5,7,11H,4,6,8-10H2,1H3,(H,20,23)/t11-/m0/s1. The van der Waals surface area contributed by atoms with Crippen molar-refractivity contribution >= 4 is 17.5 Å². The molecule has 0 saturated carbocycles. The van der Waals surface area contributed by atoms with Gasteiger partial charge in [-0.15, -0.1) is 0 Å². The van der Waals surface area contributed by atoms with Crippen molar-refractivity contribution in [2.45, 2.75) is 32.0 Å². The lowest BCUT2D eigenvalue weighted by Crippen LogP contribution is -2.45. The van der Waals surface area contributed by atoms with Crippen LogP contribution in [0.4, 0.5) is 18.9 Å². The minimum absolute atomic E-state index is 0.285. The van der Waals surface area contributed by atoms with E-state index in [1.807, 2.05) is 24.3 Å². The summed E-state index contributed by atoms with van der Waals surface area (Å²) in [5.74, 6) is -1.06. The first-order chi connectivity index (χ1) is 11.3. The van der Waals surface area contributed by atoms with Crippen molar-refractivity contribution in [3.63, 3.8) is 0 Å². The predicted octanol–water partition coefficient (Wildman–Crippen LogP) is 2.05. The number of ether oxygens (including phenoxy) is 1. The first-order valence-electron chi connectivity index (χ1n) is 7.62. The number of aryl methyl sites for hydroxylation is 1. The normalized spacial score (nSPS) is 15.6. The molecule has 24 heavy (non-hydrogen) atoms. The first-order valence-corrected chi connectivity index (χ1v) is 7.62. The maximum absolute atomic E-state index is 12.3. The van der Waals surface area contributed by atoms with Gasteiger partial charge in [0.2, 0.25) is 11.8 Å². The van der Waals surface area contributed by atoms with E-state index in [2.05, 4.69) is 10.1 Å². The molecule has 0 unspecified atom stereocenters. The SMILES string of the molecule is C[C@H](OCC(F)(F)F)C(=O)NCC(=O)N1CCCc2ccccc21. The lowest BCUT2D eigenvalue weighted by Gasteiger charge is -2.29. The van der Waals surface area contributed by atoms with Gasteiger partial charge in [0.1, 0.15) is 12.7 Å².